The molecule has 0 aromatic heterocycles. The molecule has 8 nitrogen and oxygen atoms in total. The van der Waals surface area contributed by atoms with Crippen LogP contribution in [0.25, 0.3) is 0 Å². The molecule has 6 atom stereocenters. The number of phenolic OH excluding ortho intramolecular Hbond substituents is 2. The topological polar surface area (TPSA) is 115 Å². The van der Waals surface area contributed by atoms with Crippen LogP contribution in [-0.4, -0.2) is 33.8 Å². The zero-order valence-corrected chi connectivity index (χ0v) is 16.7. The van der Waals surface area contributed by atoms with Gasteiger partial charge in [0.25, 0.3) is 0 Å². The lowest BCUT2D eigenvalue weighted by atomic mass is 9.54. The van der Waals surface area contributed by atoms with Crippen molar-refractivity contribution in [3.8, 4) is 11.5 Å². The quantitative estimate of drug-likeness (QED) is 0.555. The second-order valence-corrected chi connectivity index (χ2v) is 8.70. The molecule has 2 bridgehead atoms. The number of imide groups is 2. The SMILES string of the molecule is O=C1[C@@H]2C3C=CC([C@@H]2C(=O)N1c1ccc(O)cc1)[C@@H]1C(=O)N(c2ccc(O)cc2)C(=O)[C@@H]31. The summed E-state index contributed by atoms with van der Waals surface area (Å²) in [6.07, 6.45) is 3.62. The highest BCUT2D eigenvalue weighted by Crippen LogP contribution is 2.58. The molecule has 4 amide bonds. The predicted molar refractivity (Wildman–Crippen MR) is 111 cm³/mol. The van der Waals surface area contributed by atoms with Gasteiger partial charge in [0, 0.05) is 11.8 Å². The van der Waals surface area contributed by atoms with Crippen molar-refractivity contribution in [2.24, 2.45) is 35.5 Å². The maximum Gasteiger partial charge on any atom is 0.238 e. The molecule has 2 unspecified atom stereocenters. The first kappa shape index (κ1) is 18.8. The molecule has 3 fully saturated rings. The molecule has 2 saturated heterocycles. The minimum atomic E-state index is -0.705. The highest BCUT2D eigenvalue weighted by atomic mass is 16.3. The van der Waals surface area contributed by atoms with Gasteiger partial charge in [-0.2, -0.15) is 0 Å². The van der Waals surface area contributed by atoms with E-state index in [4.69, 9.17) is 0 Å². The smallest absolute Gasteiger partial charge is 0.238 e. The fourth-order valence-electron chi connectivity index (χ4n) is 5.94. The molecule has 7 rings (SSSR count). The monoisotopic (exact) mass is 430 g/mol. The number of phenols is 2. The molecule has 8 heteroatoms. The van der Waals surface area contributed by atoms with Gasteiger partial charge in [0.1, 0.15) is 11.5 Å². The number of aromatic hydroxyl groups is 2. The lowest BCUT2D eigenvalue weighted by molar-refractivity contribution is -0.137. The minimum Gasteiger partial charge on any atom is -0.508 e. The molecule has 2 aliphatic heterocycles. The van der Waals surface area contributed by atoms with Gasteiger partial charge in [-0.15, -0.1) is 0 Å². The highest BCUT2D eigenvalue weighted by Gasteiger charge is 2.68. The Kier molecular flexibility index (Phi) is 3.69. The summed E-state index contributed by atoms with van der Waals surface area (Å²) in [7, 11) is 0. The standard InChI is InChI=1S/C24H18N2O6/c27-13-5-1-11(2-6-13)25-21(29)17-15-9-10-16(18(17)22(25)30)20-19(15)23(31)26(24(20)32)12-3-7-14(28)8-4-12/h1-10,15-20,27-28H/t15?,16?,17-,18-,19-,20+/m0/s1. The Hall–Kier alpha value is -3.94. The molecule has 5 aliphatic rings. The molecule has 2 N–H and O–H groups in total. The first-order valence-electron chi connectivity index (χ1n) is 10.4. The van der Waals surface area contributed by atoms with Crippen LogP contribution >= 0.6 is 0 Å². The van der Waals surface area contributed by atoms with Crippen LogP contribution in [0.4, 0.5) is 11.4 Å². The van der Waals surface area contributed by atoms with Gasteiger partial charge in [-0.25, -0.2) is 0 Å². The molecule has 160 valence electrons. The third kappa shape index (κ3) is 2.26. The van der Waals surface area contributed by atoms with Gasteiger partial charge < -0.3 is 10.2 Å². The summed E-state index contributed by atoms with van der Waals surface area (Å²) < 4.78 is 0. The summed E-state index contributed by atoms with van der Waals surface area (Å²) in [6.45, 7) is 0. The fourth-order valence-corrected chi connectivity index (χ4v) is 5.94. The Morgan fingerprint density at radius 1 is 0.500 bits per heavy atom. The van der Waals surface area contributed by atoms with E-state index in [0.29, 0.717) is 11.4 Å². The van der Waals surface area contributed by atoms with Crippen molar-refractivity contribution in [3.05, 3.63) is 60.7 Å². The first-order chi connectivity index (χ1) is 15.4. The third-order valence-electron chi connectivity index (χ3n) is 7.23. The van der Waals surface area contributed by atoms with Gasteiger partial charge in [0.05, 0.1) is 35.0 Å². The number of carbonyl (C=O) groups is 4. The number of carbonyl (C=O) groups excluding carboxylic acids is 4. The van der Waals surface area contributed by atoms with E-state index in [1.54, 1.807) is 0 Å². The molecule has 32 heavy (non-hydrogen) atoms. The summed E-state index contributed by atoms with van der Waals surface area (Å²) in [5.41, 5.74) is 0.722. The number of anilines is 2. The van der Waals surface area contributed by atoms with Crippen molar-refractivity contribution < 1.29 is 29.4 Å². The number of nitrogens with zero attached hydrogens (tertiary/aromatic N) is 2. The molecule has 2 aromatic carbocycles. The number of amides is 4. The van der Waals surface area contributed by atoms with E-state index >= 15 is 0 Å². The van der Waals surface area contributed by atoms with Gasteiger partial charge in [-0.3, -0.25) is 29.0 Å². The second-order valence-electron chi connectivity index (χ2n) is 8.70. The molecule has 2 aromatic rings. The maximum absolute atomic E-state index is 13.4. The van der Waals surface area contributed by atoms with E-state index in [2.05, 4.69) is 0 Å². The van der Waals surface area contributed by atoms with Crippen LogP contribution in [0.3, 0.4) is 0 Å². The van der Waals surface area contributed by atoms with Crippen molar-refractivity contribution in [3.63, 3.8) is 0 Å². The van der Waals surface area contributed by atoms with E-state index in [0.717, 1.165) is 9.80 Å². The zero-order chi connectivity index (χ0) is 22.3. The van der Waals surface area contributed by atoms with Crippen molar-refractivity contribution in [2.45, 2.75) is 0 Å². The highest BCUT2D eigenvalue weighted by molar-refractivity contribution is 6.26. The van der Waals surface area contributed by atoms with Crippen molar-refractivity contribution >= 4 is 35.0 Å². The fraction of sp³-hybridized carbons (Fsp3) is 0.250. The Labute approximate surface area is 182 Å². The van der Waals surface area contributed by atoms with E-state index in [-0.39, 0.29) is 35.1 Å². The summed E-state index contributed by atoms with van der Waals surface area (Å²) >= 11 is 0. The average Bonchev–Trinajstić information content (AvgIpc) is 3.23. The van der Waals surface area contributed by atoms with Crippen LogP contribution < -0.4 is 9.80 Å². The summed E-state index contributed by atoms with van der Waals surface area (Å²) in [5, 5.41) is 19.1. The summed E-state index contributed by atoms with van der Waals surface area (Å²) in [5.74, 6) is -5.41. The van der Waals surface area contributed by atoms with E-state index in [1.165, 1.54) is 48.5 Å². The average molecular weight is 430 g/mol. The van der Waals surface area contributed by atoms with Crippen molar-refractivity contribution in [1.29, 1.82) is 0 Å². The van der Waals surface area contributed by atoms with Crippen LogP contribution in [-0.2, 0) is 19.2 Å². The van der Waals surface area contributed by atoms with Gasteiger partial charge in [-0.1, -0.05) is 12.2 Å². The molecular weight excluding hydrogens is 412 g/mol. The normalized spacial score (nSPS) is 32.6. The summed E-state index contributed by atoms with van der Waals surface area (Å²) in [6, 6.07) is 11.6. The number of allylic oxidation sites excluding steroid dienone is 2. The van der Waals surface area contributed by atoms with Crippen LogP contribution in [0.5, 0.6) is 11.5 Å². The van der Waals surface area contributed by atoms with Gasteiger partial charge in [0.15, 0.2) is 0 Å². The Bertz CT molecular complexity index is 1080. The molecule has 3 aliphatic carbocycles. The van der Waals surface area contributed by atoms with Gasteiger partial charge in [0.2, 0.25) is 23.6 Å². The van der Waals surface area contributed by atoms with Crippen molar-refractivity contribution in [2.75, 3.05) is 9.80 Å². The van der Waals surface area contributed by atoms with Crippen LogP contribution in [0.1, 0.15) is 0 Å². The maximum atomic E-state index is 13.4. The summed E-state index contributed by atoms with van der Waals surface area (Å²) in [4.78, 5) is 55.7. The largest absolute Gasteiger partial charge is 0.508 e. The predicted octanol–water partition coefficient (Wildman–Crippen LogP) is 1.82. The van der Waals surface area contributed by atoms with Gasteiger partial charge >= 0.3 is 0 Å². The Morgan fingerprint density at radius 3 is 1.06 bits per heavy atom. The number of hydrogen-bond donors (Lipinski definition) is 2. The molecule has 2 heterocycles. The van der Waals surface area contributed by atoms with E-state index in [9.17, 15) is 29.4 Å². The molecule has 1 saturated carbocycles. The minimum absolute atomic E-state index is 0.0204. The number of benzene rings is 2. The Balaban J connectivity index is 1.39. The van der Waals surface area contributed by atoms with E-state index in [1.807, 2.05) is 12.2 Å². The number of rotatable bonds is 2. The van der Waals surface area contributed by atoms with Crippen molar-refractivity contribution in [1.82, 2.24) is 0 Å². The van der Waals surface area contributed by atoms with Gasteiger partial charge in [-0.05, 0) is 48.5 Å². The molecule has 0 radical (unpaired) electrons. The lowest BCUT2D eigenvalue weighted by Gasteiger charge is -2.44. The Morgan fingerprint density at radius 2 is 0.781 bits per heavy atom. The molecule has 0 spiro atoms. The molecular formula is C24H18N2O6. The zero-order valence-electron chi connectivity index (χ0n) is 16.7. The third-order valence-corrected chi connectivity index (χ3v) is 7.23. The van der Waals surface area contributed by atoms with Crippen LogP contribution in [0.15, 0.2) is 60.7 Å². The second kappa shape index (κ2) is 6.29. The van der Waals surface area contributed by atoms with Crippen LogP contribution in [0, 0.1) is 35.5 Å². The van der Waals surface area contributed by atoms with Crippen LogP contribution in [0.2, 0.25) is 0 Å². The lowest BCUT2D eigenvalue weighted by Crippen LogP contribution is -2.50. The number of hydrogen-bond acceptors (Lipinski definition) is 6. The van der Waals surface area contributed by atoms with E-state index < -0.39 is 35.5 Å². The first-order valence-corrected chi connectivity index (χ1v) is 10.4.